The molecule has 6 heavy (non-hydrogen) atoms. The highest BCUT2D eigenvalue weighted by atomic mass is 14.8. The summed E-state index contributed by atoms with van der Waals surface area (Å²) in [5.74, 6) is 0. The number of hydrogen-bond acceptors (Lipinski definition) is 1. The summed E-state index contributed by atoms with van der Waals surface area (Å²) in [4.78, 5) is 0. The minimum Gasteiger partial charge on any atom is -0.359 e. The topological polar surface area (TPSA) is 12.0 Å². The van der Waals surface area contributed by atoms with Gasteiger partial charge in [-0.15, -0.1) is 0 Å². The Balaban J connectivity index is 2.01. The summed E-state index contributed by atoms with van der Waals surface area (Å²) < 4.78 is 0. The van der Waals surface area contributed by atoms with Gasteiger partial charge in [-0.25, -0.2) is 0 Å². The maximum Gasteiger partial charge on any atom is 0.182 e. The summed E-state index contributed by atoms with van der Waals surface area (Å²) in [6.07, 6.45) is 4.23. The van der Waals surface area contributed by atoms with E-state index in [0.29, 0.717) is 0 Å². The van der Waals surface area contributed by atoms with Crippen LogP contribution < -0.4 is 5.23 Å². The number of hydrogen-bond donors (Lipinski definition) is 1. The van der Waals surface area contributed by atoms with E-state index in [9.17, 15) is 0 Å². The Bertz CT molecular complexity index is 40.1. The highest BCUT2D eigenvalue weighted by Crippen LogP contribution is 2.16. The second kappa shape index (κ2) is 1.65. The third-order valence-corrected chi connectivity index (χ3v) is 1.51. The van der Waals surface area contributed by atoms with Crippen LogP contribution in [0.1, 0.15) is 19.3 Å². The second-order valence-corrected chi connectivity index (χ2v) is 1.92. The molecule has 0 spiro atoms. The Morgan fingerprint density at radius 3 is 2.17 bits per heavy atom. The van der Waals surface area contributed by atoms with Crippen molar-refractivity contribution in [2.75, 3.05) is 0 Å². The minimum atomic E-state index is 0.866. The molecule has 0 aromatic heterocycles. The quantitative estimate of drug-likeness (QED) is 0.428. The van der Waals surface area contributed by atoms with Crippen molar-refractivity contribution in [2.45, 2.75) is 25.3 Å². The van der Waals surface area contributed by atoms with Gasteiger partial charge in [0.05, 0.1) is 0 Å². The highest BCUT2D eigenvalue weighted by Gasteiger charge is 2.12. The summed E-state index contributed by atoms with van der Waals surface area (Å²) in [5, 5.41) is 3.20. The van der Waals surface area contributed by atoms with Crippen LogP contribution in [0.3, 0.4) is 0 Å². The van der Waals surface area contributed by atoms with E-state index in [1.807, 2.05) is 7.98 Å². The maximum absolute atomic E-state index is 3.20. The molecule has 1 saturated carbocycles. The Labute approximate surface area is 39.6 Å². The van der Waals surface area contributed by atoms with E-state index in [1.54, 1.807) is 0 Å². The first-order valence-corrected chi connectivity index (χ1v) is 2.61. The lowest BCUT2D eigenvalue weighted by Crippen LogP contribution is -2.32. The van der Waals surface area contributed by atoms with Crippen LogP contribution in [0.2, 0.25) is 0 Å². The first-order chi connectivity index (χ1) is 2.93. The fraction of sp³-hybridized carbons (Fsp3) is 1.00. The lowest BCUT2D eigenvalue weighted by atomic mass is 9.92. The predicted molar refractivity (Wildman–Crippen MR) is 29.3 cm³/mol. The van der Waals surface area contributed by atoms with Gasteiger partial charge in [-0.1, -0.05) is 6.42 Å². The third kappa shape index (κ3) is 0.572. The van der Waals surface area contributed by atoms with E-state index in [0.717, 1.165) is 6.04 Å². The van der Waals surface area contributed by atoms with E-state index in [1.165, 1.54) is 19.3 Å². The van der Waals surface area contributed by atoms with Gasteiger partial charge in [-0.2, -0.15) is 0 Å². The summed E-state index contributed by atoms with van der Waals surface area (Å²) >= 11 is 0. The zero-order chi connectivity index (χ0) is 4.41. The van der Waals surface area contributed by atoms with Gasteiger partial charge in [0.15, 0.2) is 7.98 Å². The van der Waals surface area contributed by atoms with Gasteiger partial charge in [0.2, 0.25) is 0 Å². The predicted octanol–water partition coefficient (Wildman–Crippen LogP) is -0.323. The van der Waals surface area contributed by atoms with Crippen LogP contribution in [0.5, 0.6) is 0 Å². The molecule has 0 atom stereocenters. The molecule has 1 N–H and O–H groups in total. The standard InChI is InChI=1S/C4H10BN/c5-6-4-2-1-3-4/h4,6H,1-3,5H2. The average molecular weight is 82.9 g/mol. The Kier molecular flexibility index (Phi) is 1.15. The van der Waals surface area contributed by atoms with Crippen LogP contribution >= 0.6 is 0 Å². The fourth-order valence-corrected chi connectivity index (χ4v) is 0.697. The highest BCUT2D eigenvalue weighted by molar-refractivity contribution is 6.04. The molecule has 1 rings (SSSR count). The second-order valence-electron chi connectivity index (χ2n) is 1.92. The molecule has 1 nitrogen and oxygen atoms in total. The Morgan fingerprint density at radius 2 is 2.17 bits per heavy atom. The fourth-order valence-electron chi connectivity index (χ4n) is 0.697. The van der Waals surface area contributed by atoms with Crippen molar-refractivity contribution >= 4 is 7.98 Å². The maximum atomic E-state index is 3.20. The number of rotatable bonds is 1. The van der Waals surface area contributed by atoms with Crippen molar-refractivity contribution in [1.82, 2.24) is 5.23 Å². The van der Waals surface area contributed by atoms with Crippen LogP contribution in [0.4, 0.5) is 0 Å². The zero-order valence-electron chi connectivity index (χ0n) is 4.20. The minimum absolute atomic E-state index is 0.866. The van der Waals surface area contributed by atoms with Crippen LogP contribution in [0.25, 0.3) is 0 Å². The molecule has 1 fully saturated rings. The molecule has 1 aliphatic rings. The van der Waals surface area contributed by atoms with Gasteiger partial charge in [0.1, 0.15) is 0 Å². The van der Waals surface area contributed by atoms with Gasteiger partial charge < -0.3 is 5.23 Å². The summed E-state index contributed by atoms with van der Waals surface area (Å²) in [6, 6.07) is 0.866. The normalized spacial score (nSPS) is 23.3. The molecule has 0 radical (unpaired) electrons. The van der Waals surface area contributed by atoms with E-state index in [4.69, 9.17) is 0 Å². The molecular weight excluding hydrogens is 72.9 g/mol. The van der Waals surface area contributed by atoms with Gasteiger partial charge in [-0.3, -0.25) is 0 Å². The molecule has 0 saturated heterocycles. The molecular formula is C4H10BN. The van der Waals surface area contributed by atoms with Crippen molar-refractivity contribution in [3.63, 3.8) is 0 Å². The van der Waals surface area contributed by atoms with E-state index in [2.05, 4.69) is 5.23 Å². The van der Waals surface area contributed by atoms with Gasteiger partial charge in [0, 0.05) is 0 Å². The van der Waals surface area contributed by atoms with Crippen molar-refractivity contribution in [1.29, 1.82) is 0 Å². The average Bonchev–Trinajstić information content (AvgIpc) is 1.31. The molecule has 0 aromatic rings. The van der Waals surface area contributed by atoms with E-state index >= 15 is 0 Å². The van der Waals surface area contributed by atoms with Gasteiger partial charge in [0.25, 0.3) is 0 Å². The van der Waals surface area contributed by atoms with Crippen LogP contribution in [0.15, 0.2) is 0 Å². The molecule has 0 amide bonds. The lowest BCUT2D eigenvalue weighted by Gasteiger charge is -2.24. The summed E-state index contributed by atoms with van der Waals surface area (Å²) in [5.41, 5.74) is 0. The monoisotopic (exact) mass is 83.1 g/mol. The molecule has 34 valence electrons. The van der Waals surface area contributed by atoms with E-state index < -0.39 is 0 Å². The Morgan fingerprint density at radius 1 is 1.50 bits per heavy atom. The van der Waals surface area contributed by atoms with Gasteiger partial charge in [-0.05, 0) is 18.9 Å². The van der Waals surface area contributed by atoms with Crippen LogP contribution in [-0.4, -0.2) is 14.0 Å². The number of nitrogens with one attached hydrogen (secondary N) is 1. The van der Waals surface area contributed by atoms with Gasteiger partial charge >= 0.3 is 0 Å². The molecule has 2 heteroatoms. The largest absolute Gasteiger partial charge is 0.359 e. The first-order valence-electron chi connectivity index (χ1n) is 2.61. The molecule has 1 aliphatic carbocycles. The summed E-state index contributed by atoms with van der Waals surface area (Å²) in [7, 11) is 2.03. The summed E-state index contributed by atoms with van der Waals surface area (Å²) in [6.45, 7) is 0. The molecule has 0 aromatic carbocycles. The SMILES string of the molecule is BNC1CCC1. The van der Waals surface area contributed by atoms with Crippen molar-refractivity contribution in [3.8, 4) is 0 Å². The third-order valence-electron chi connectivity index (χ3n) is 1.51. The molecule has 0 aliphatic heterocycles. The van der Waals surface area contributed by atoms with Crippen molar-refractivity contribution < 1.29 is 0 Å². The molecule has 0 bridgehead atoms. The van der Waals surface area contributed by atoms with Crippen molar-refractivity contribution in [2.24, 2.45) is 0 Å². The Hall–Kier alpha value is 0.0249. The molecule has 0 unspecified atom stereocenters. The van der Waals surface area contributed by atoms with Crippen LogP contribution in [0, 0.1) is 0 Å². The van der Waals surface area contributed by atoms with E-state index in [-0.39, 0.29) is 0 Å². The first kappa shape index (κ1) is 4.19. The lowest BCUT2D eigenvalue weighted by molar-refractivity contribution is 0.391. The molecule has 0 heterocycles. The van der Waals surface area contributed by atoms with Crippen molar-refractivity contribution in [3.05, 3.63) is 0 Å². The van der Waals surface area contributed by atoms with Crippen LogP contribution in [-0.2, 0) is 0 Å². The zero-order valence-corrected chi connectivity index (χ0v) is 4.20. The smallest absolute Gasteiger partial charge is 0.182 e.